The second-order valence-electron chi connectivity index (χ2n) is 4.39. The van der Waals surface area contributed by atoms with Crippen molar-refractivity contribution < 1.29 is 9.90 Å². The second kappa shape index (κ2) is 6.05. The standard InChI is InChI=1S/C13H17N5O2/c1-2-5-18-8-16-17-12(18)7-15-13(20)10-6-9(19)3-4-11(10)14/h3-4,6,8,19H,2,5,7,14H2,1H3,(H,15,20). The lowest BCUT2D eigenvalue weighted by Gasteiger charge is -2.08. The fourth-order valence-electron chi connectivity index (χ4n) is 1.84. The van der Waals surface area contributed by atoms with Crippen LogP contribution in [-0.4, -0.2) is 25.8 Å². The van der Waals surface area contributed by atoms with Gasteiger partial charge in [0, 0.05) is 12.2 Å². The van der Waals surface area contributed by atoms with Crippen molar-refractivity contribution in [2.75, 3.05) is 5.73 Å². The zero-order chi connectivity index (χ0) is 14.5. The van der Waals surface area contributed by atoms with Gasteiger partial charge in [-0.2, -0.15) is 0 Å². The maximum absolute atomic E-state index is 12.0. The molecule has 1 aromatic carbocycles. The highest BCUT2D eigenvalue weighted by Gasteiger charge is 2.12. The van der Waals surface area contributed by atoms with E-state index < -0.39 is 0 Å². The summed E-state index contributed by atoms with van der Waals surface area (Å²) in [4.78, 5) is 12.0. The van der Waals surface area contributed by atoms with Crippen molar-refractivity contribution in [2.45, 2.75) is 26.4 Å². The van der Waals surface area contributed by atoms with E-state index in [1.807, 2.05) is 4.57 Å². The van der Waals surface area contributed by atoms with Crippen LogP contribution in [0.1, 0.15) is 29.5 Å². The molecule has 1 heterocycles. The van der Waals surface area contributed by atoms with Gasteiger partial charge in [-0.25, -0.2) is 0 Å². The SMILES string of the molecule is CCCn1cnnc1CNC(=O)c1cc(O)ccc1N. The van der Waals surface area contributed by atoms with Crippen LogP contribution in [0.5, 0.6) is 5.75 Å². The minimum Gasteiger partial charge on any atom is -0.508 e. The second-order valence-corrected chi connectivity index (χ2v) is 4.39. The number of aromatic nitrogens is 3. The Morgan fingerprint density at radius 3 is 3.05 bits per heavy atom. The Hall–Kier alpha value is -2.57. The third-order valence-electron chi connectivity index (χ3n) is 2.85. The average Bonchev–Trinajstić information content (AvgIpc) is 2.87. The predicted molar refractivity (Wildman–Crippen MR) is 74.0 cm³/mol. The first kappa shape index (κ1) is 13.9. The number of aromatic hydroxyl groups is 1. The molecule has 2 aromatic rings. The van der Waals surface area contributed by atoms with Crippen LogP contribution in [0.4, 0.5) is 5.69 Å². The van der Waals surface area contributed by atoms with Gasteiger partial charge in [0.25, 0.3) is 5.91 Å². The van der Waals surface area contributed by atoms with Crippen molar-refractivity contribution in [1.82, 2.24) is 20.1 Å². The molecule has 4 N–H and O–H groups in total. The summed E-state index contributed by atoms with van der Waals surface area (Å²) in [5, 5.41) is 19.9. The van der Waals surface area contributed by atoms with Gasteiger partial charge < -0.3 is 20.7 Å². The maximum atomic E-state index is 12.0. The molecule has 0 aliphatic carbocycles. The van der Waals surface area contributed by atoms with E-state index >= 15 is 0 Å². The number of carbonyl (C=O) groups is 1. The van der Waals surface area contributed by atoms with Crippen LogP contribution in [0.25, 0.3) is 0 Å². The minimum absolute atomic E-state index is 0.00139. The molecule has 1 aromatic heterocycles. The number of nitrogens with zero attached hydrogens (tertiary/aromatic N) is 3. The third kappa shape index (κ3) is 3.05. The molecule has 0 spiro atoms. The predicted octanol–water partition coefficient (Wildman–Crippen LogP) is 0.906. The summed E-state index contributed by atoms with van der Waals surface area (Å²) in [5.41, 5.74) is 6.27. The van der Waals surface area contributed by atoms with Gasteiger partial charge in [0.05, 0.1) is 12.1 Å². The number of amides is 1. The number of phenols is 1. The number of hydrogen-bond acceptors (Lipinski definition) is 5. The van der Waals surface area contributed by atoms with Crippen LogP contribution in [0, 0.1) is 0 Å². The van der Waals surface area contributed by atoms with E-state index in [0.717, 1.165) is 13.0 Å². The van der Waals surface area contributed by atoms with Gasteiger partial charge >= 0.3 is 0 Å². The molecule has 1 amide bonds. The Kier molecular flexibility index (Phi) is 4.19. The van der Waals surface area contributed by atoms with Gasteiger partial charge in [-0.15, -0.1) is 10.2 Å². The van der Waals surface area contributed by atoms with Crippen LogP contribution in [0.2, 0.25) is 0 Å². The molecule has 2 rings (SSSR count). The Morgan fingerprint density at radius 2 is 2.30 bits per heavy atom. The largest absolute Gasteiger partial charge is 0.508 e. The maximum Gasteiger partial charge on any atom is 0.253 e. The minimum atomic E-state index is -0.357. The fraction of sp³-hybridized carbons (Fsp3) is 0.308. The van der Waals surface area contributed by atoms with Crippen LogP contribution >= 0.6 is 0 Å². The molecule has 0 unspecified atom stereocenters. The molecular weight excluding hydrogens is 258 g/mol. The lowest BCUT2D eigenvalue weighted by Crippen LogP contribution is -2.25. The molecule has 0 saturated heterocycles. The lowest BCUT2D eigenvalue weighted by molar-refractivity contribution is 0.0950. The quantitative estimate of drug-likeness (QED) is 0.555. The molecular formula is C13H17N5O2. The number of carbonyl (C=O) groups excluding carboxylic acids is 1. The van der Waals surface area contributed by atoms with Gasteiger partial charge in [0.1, 0.15) is 12.1 Å². The first-order chi connectivity index (χ1) is 9.61. The Morgan fingerprint density at radius 1 is 1.50 bits per heavy atom. The van der Waals surface area contributed by atoms with E-state index in [1.54, 1.807) is 6.33 Å². The van der Waals surface area contributed by atoms with Crippen molar-refractivity contribution in [3.05, 3.63) is 35.9 Å². The molecule has 0 atom stereocenters. The third-order valence-corrected chi connectivity index (χ3v) is 2.85. The van der Waals surface area contributed by atoms with Crippen molar-refractivity contribution in [3.63, 3.8) is 0 Å². The van der Waals surface area contributed by atoms with E-state index in [1.165, 1.54) is 18.2 Å². The first-order valence-corrected chi connectivity index (χ1v) is 6.35. The van der Waals surface area contributed by atoms with Crippen LogP contribution in [0.3, 0.4) is 0 Å². The highest BCUT2D eigenvalue weighted by molar-refractivity contribution is 5.99. The van der Waals surface area contributed by atoms with E-state index in [-0.39, 0.29) is 23.8 Å². The zero-order valence-corrected chi connectivity index (χ0v) is 11.2. The average molecular weight is 275 g/mol. The summed E-state index contributed by atoms with van der Waals surface area (Å²) in [7, 11) is 0. The lowest BCUT2D eigenvalue weighted by atomic mass is 10.1. The van der Waals surface area contributed by atoms with Crippen LogP contribution in [-0.2, 0) is 13.1 Å². The smallest absolute Gasteiger partial charge is 0.253 e. The summed E-state index contributed by atoms with van der Waals surface area (Å²) >= 11 is 0. The number of nitrogen functional groups attached to an aromatic ring is 1. The van der Waals surface area contributed by atoms with E-state index in [4.69, 9.17) is 5.73 Å². The van der Waals surface area contributed by atoms with Gasteiger partial charge in [-0.1, -0.05) is 6.92 Å². The highest BCUT2D eigenvalue weighted by Crippen LogP contribution is 2.18. The molecule has 0 radical (unpaired) electrons. The topological polar surface area (TPSA) is 106 Å². The van der Waals surface area contributed by atoms with Gasteiger partial charge in [-0.3, -0.25) is 4.79 Å². The summed E-state index contributed by atoms with van der Waals surface area (Å²) in [6.07, 6.45) is 2.59. The molecule has 0 saturated carbocycles. The van der Waals surface area contributed by atoms with Crippen LogP contribution < -0.4 is 11.1 Å². The number of hydrogen-bond donors (Lipinski definition) is 3. The van der Waals surface area contributed by atoms with Gasteiger partial charge in [0.15, 0.2) is 5.82 Å². The van der Waals surface area contributed by atoms with E-state index in [9.17, 15) is 9.90 Å². The number of anilines is 1. The summed E-state index contributed by atoms with van der Waals surface area (Å²) < 4.78 is 1.88. The molecule has 0 bridgehead atoms. The Labute approximate surface area is 116 Å². The number of rotatable bonds is 5. The number of nitrogens with two attached hydrogens (primary N) is 1. The summed E-state index contributed by atoms with van der Waals surface area (Å²) in [6.45, 7) is 3.11. The monoisotopic (exact) mass is 275 g/mol. The fourth-order valence-corrected chi connectivity index (χ4v) is 1.84. The molecule has 0 fully saturated rings. The molecule has 20 heavy (non-hydrogen) atoms. The zero-order valence-electron chi connectivity index (χ0n) is 11.2. The van der Waals surface area contributed by atoms with Gasteiger partial charge in [0.2, 0.25) is 0 Å². The molecule has 0 aliphatic heterocycles. The molecule has 0 aliphatic rings. The van der Waals surface area contributed by atoms with Gasteiger partial charge in [-0.05, 0) is 24.6 Å². The molecule has 106 valence electrons. The normalized spacial score (nSPS) is 10.4. The van der Waals surface area contributed by atoms with Crippen LogP contribution in [0.15, 0.2) is 24.5 Å². The van der Waals surface area contributed by atoms with Crippen molar-refractivity contribution in [2.24, 2.45) is 0 Å². The van der Waals surface area contributed by atoms with Crippen molar-refractivity contribution in [1.29, 1.82) is 0 Å². The van der Waals surface area contributed by atoms with E-state index in [0.29, 0.717) is 11.5 Å². The van der Waals surface area contributed by atoms with Crippen molar-refractivity contribution >= 4 is 11.6 Å². The number of phenolic OH excluding ortho intramolecular Hbond substituents is 1. The Balaban J connectivity index is 2.05. The number of nitrogens with one attached hydrogen (secondary N) is 1. The number of aryl methyl sites for hydroxylation is 1. The summed E-state index contributed by atoms with van der Waals surface area (Å²) in [5.74, 6) is 0.321. The molecule has 7 nitrogen and oxygen atoms in total. The summed E-state index contributed by atoms with van der Waals surface area (Å²) in [6, 6.07) is 4.26. The van der Waals surface area contributed by atoms with E-state index in [2.05, 4.69) is 22.4 Å². The first-order valence-electron chi connectivity index (χ1n) is 6.35. The van der Waals surface area contributed by atoms with Crippen molar-refractivity contribution in [3.8, 4) is 5.75 Å². The molecule has 7 heteroatoms. The highest BCUT2D eigenvalue weighted by atomic mass is 16.3. The number of benzene rings is 1. The Bertz CT molecular complexity index is 609.